The molecular formula is C14H20ClN3O3S. The van der Waals surface area contributed by atoms with Gasteiger partial charge in [-0.25, -0.2) is 9.78 Å². The van der Waals surface area contributed by atoms with Gasteiger partial charge in [0.15, 0.2) is 16.6 Å². The third kappa shape index (κ3) is 3.89. The first-order chi connectivity index (χ1) is 10.2. The van der Waals surface area contributed by atoms with Gasteiger partial charge >= 0.3 is 6.09 Å². The number of nitrogens with zero attached hydrogens (tertiary/aromatic N) is 3. The summed E-state index contributed by atoms with van der Waals surface area (Å²) in [5, 5.41) is 0.945. The lowest BCUT2D eigenvalue weighted by atomic mass is 10.2. The largest absolute Gasteiger partial charge is 0.444 e. The first kappa shape index (κ1) is 17.0. The summed E-state index contributed by atoms with van der Waals surface area (Å²) in [7, 11) is 0. The Kier molecular flexibility index (Phi) is 4.97. The zero-order chi connectivity index (χ0) is 16.5. The number of thiazole rings is 1. The molecule has 1 fully saturated rings. The highest BCUT2D eigenvalue weighted by atomic mass is 35.5. The van der Waals surface area contributed by atoms with E-state index < -0.39 is 5.60 Å². The maximum absolute atomic E-state index is 12.1. The smallest absolute Gasteiger partial charge is 0.410 e. The third-order valence-corrected chi connectivity index (χ3v) is 4.65. The van der Waals surface area contributed by atoms with Crippen LogP contribution in [0.25, 0.3) is 0 Å². The third-order valence-electron chi connectivity index (χ3n) is 3.23. The molecule has 1 aliphatic rings. The molecule has 1 aliphatic heterocycles. The van der Waals surface area contributed by atoms with Crippen LogP contribution in [0.2, 0.25) is 5.15 Å². The molecule has 2 rings (SSSR count). The Morgan fingerprint density at radius 2 is 2.14 bits per heavy atom. The molecule has 1 aromatic rings. The van der Waals surface area contributed by atoms with E-state index in [4.69, 9.17) is 16.3 Å². The van der Waals surface area contributed by atoms with Crippen molar-refractivity contribution >= 4 is 40.4 Å². The van der Waals surface area contributed by atoms with Gasteiger partial charge < -0.3 is 14.5 Å². The van der Waals surface area contributed by atoms with Crippen LogP contribution in [-0.2, 0) is 4.74 Å². The number of aldehydes is 1. The number of amides is 1. The number of anilines is 1. The molecule has 0 unspecified atom stereocenters. The summed E-state index contributed by atoms with van der Waals surface area (Å²) in [6, 6.07) is 0.0722. The lowest BCUT2D eigenvalue weighted by molar-refractivity contribution is 0.0218. The molecule has 1 atom stereocenters. The summed E-state index contributed by atoms with van der Waals surface area (Å²) in [6.07, 6.45) is 0.412. The predicted octanol–water partition coefficient (Wildman–Crippen LogP) is 3.05. The van der Waals surface area contributed by atoms with E-state index in [0.29, 0.717) is 35.9 Å². The molecular weight excluding hydrogens is 326 g/mol. The molecule has 1 amide bonds. The van der Waals surface area contributed by atoms with Gasteiger partial charge in [0.25, 0.3) is 0 Å². The van der Waals surface area contributed by atoms with Crippen LogP contribution in [0.3, 0.4) is 0 Å². The molecule has 8 heteroatoms. The average Bonchev–Trinajstić information content (AvgIpc) is 2.77. The SMILES string of the molecule is C[C@@H]1CN(C(=O)OC(C)(C)C)CCN1c1nc(Cl)c(C=O)s1. The van der Waals surface area contributed by atoms with Crippen LogP contribution in [-0.4, -0.2) is 53.5 Å². The van der Waals surface area contributed by atoms with Crippen LogP contribution >= 0.6 is 22.9 Å². The van der Waals surface area contributed by atoms with E-state index in [1.807, 2.05) is 27.7 Å². The fourth-order valence-electron chi connectivity index (χ4n) is 2.23. The predicted molar refractivity (Wildman–Crippen MR) is 87.1 cm³/mol. The summed E-state index contributed by atoms with van der Waals surface area (Å²) in [6.45, 7) is 9.28. The normalized spacial score (nSPS) is 19.2. The van der Waals surface area contributed by atoms with Crippen molar-refractivity contribution in [1.82, 2.24) is 9.88 Å². The van der Waals surface area contributed by atoms with Crippen molar-refractivity contribution in [3.05, 3.63) is 10.0 Å². The lowest BCUT2D eigenvalue weighted by Crippen LogP contribution is -2.54. The van der Waals surface area contributed by atoms with Gasteiger partial charge in [-0.3, -0.25) is 4.79 Å². The number of carbonyl (C=O) groups is 2. The minimum Gasteiger partial charge on any atom is -0.444 e. The summed E-state index contributed by atoms with van der Waals surface area (Å²) >= 11 is 7.19. The van der Waals surface area contributed by atoms with Crippen LogP contribution in [0.1, 0.15) is 37.4 Å². The van der Waals surface area contributed by atoms with Crippen molar-refractivity contribution in [2.45, 2.75) is 39.3 Å². The molecule has 1 aromatic heterocycles. The molecule has 0 N–H and O–H groups in total. The Balaban J connectivity index is 2.03. The van der Waals surface area contributed by atoms with E-state index in [1.54, 1.807) is 4.90 Å². The van der Waals surface area contributed by atoms with Crippen molar-refractivity contribution in [3.63, 3.8) is 0 Å². The van der Waals surface area contributed by atoms with Crippen molar-refractivity contribution in [3.8, 4) is 0 Å². The summed E-state index contributed by atoms with van der Waals surface area (Å²) < 4.78 is 5.40. The number of hydrogen-bond acceptors (Lipinski definition) is 6. The van der Waals surface area contributed by atoms with Gasteiger partial charge in [-0.1, -0.05) is 22.9 Å². The number of ether oxygens (including phenoxy) is 1. The maximum atomic E-state index is 12.1. The molecule has 1 saturated heterocycles. The van der Waals surface area contributed by atoms with E-state index in [9.17, 15) is 9.59 Å². The first-order valence-corrected chi connectivity index (χ1v) is 8.27. The zero-order valence-corrected chi connectivity index (χ0v) is 14.7. The molecule has 6 nitrogen and oxygen atoms in total. The summed E-state index contributed by atoms with van der Waals surface area (Å²) in [5.74, 6) is 0. The van der Waals surface area contributed by atoms with Gasteiger partial charge in [0, 0.05) is 25.7 Å². The fourth-order valence-corrected chi connectivity index (χ4v) is 3.42. The number of rotatable bonds is 2. The summed E-state index contributed by atoms with van der Waals surface area (Å²) in [4.78, 5) is 31.4. The lowest BCUT2D eigenvalue weighted by Gasteiger charge is -2.40. The molecule has 122 valence electrons. The minimum atomic E-state index is -0.501. The maximum Gasteiger partial charge on any atom is 0.410 e. The van der Waals surface area contributed by atoms with E-state index in [-0.39, 0.29) is 17.3 Å². The van der Waals surface area contributed by atoms with Gasteiger partial charge in [-0.2, -0.15) is 0 Å². The van der Waals surface area contributed by atoms with E-state index in [1.165, 1.54) is 11.3 Å². The van der Waals surface area contributed by atoms with E-state index >= 15 is 0 Å². The van der Waals surface area contributed by atoms with Crippen molar-refractivity contribution in [2.24, 2.45) is 0 Å². The Morgan fingerprint density at radius 3 is 2.64 bits per heavy atom. The molecule has 0 aromatic carbocycles. The van der Waals surface area contributed by atoms with Gasteiger partial charge in [-0.15, -0.1) is 0 Å². The second-order valence-corrected chi connectivity index (χ2v) is 7.61. The highest BCUT2D eigenvalue weighted by molar-refractivity contribution is 7.17. The molecule has 0 spiro atoms. The monoisotopic (exact) mass is 345 g/mol. The molecule has 0 bridgehead atoms. The van der Waals surface area contributed by atoms with Gasteiger partial charge in [0.2, 0.25) is 0 Å². The van der Waals surface area contributed by atoms with E-state index in [2.05, 4.69) is 9.88 Å². The van der Waals surface area contributed by atoms with Gasteiger partial charge in [-0.05, 0) is 27.7 Å². The Bertz CT molecular complexity index is 570. The van der Waals surface area contributed by atoms with Crippen molar-refractivity contribution in [2.75, 3.05) is 24.5 Å². The second-order valence-electron chi connectivity index (χ2n) is 6.24. The number of aromatic nitrogens is 1. The van der Waals surface area contributed by atoms with Gasteiger partial charge in [0.1, 0.15) is 10.5 Å². The van der Waals surface area contributed by atoms with E-state index in [0.717, 1.165) is 0 Å². The molecule has 0 radical (unpaired) electrons. The first-order valence-electron chi connectivity index (χ1n) is 7.07. The number of carbonyl (C=O) groups excluding carboxylic acids is 2. The minimum absolute atomic E-state index is 0.0722. The van der Waals surface area contributed by atoms with Crippen LogP contribution in [0, 0.1) is 0 Å². The summed E-state index contributed by atoms with van der Waals surface area (Å²) in [5.41, 5.74) is -0.501. The highest BCUT2D eigenvalue weighted by Gasteiger charge is 2.31. The Labute approximate surface area is 139 Å². The highest BCUT2D eigenvalue weighted by Crippen LogP contribution is 2.30. The fraction of sp³-hybridized carbons (Fsp3) is 0.643. The van der Waals surface area contributed by atoms with Crippen LogP contribution in [0.15, 0.2) is 0 Å². The van der Waals surface area contributed by atoms with Gasteiger partial charge in [0.05, 0.1) is 0 Å². The molecule has 0 saturated carbocycles. The Hall–Kier alpha value is -1.34. The molecule has 22 heavy (non-hydrogen) atoms. The van der Waals surface area contributed by atoms with Crippen LogP contribution in [0.4, 0.5) is 9.93 Å². The molecule has 2 heterocycles. The zero-order valence-electron chi connectivity index (χ0n) is 13.1. The second kappa shape index (κ2) is 6.42. The quantitative estimate of drug-likeness (QED) is 0.771. The Morgan fingerprint density at radius 1 is 1.45 bits per heavy atom. The number of halogens is 1. The van der Waals surface area contributed by atoms with Crippen LogP contribution in [0.5, 0.6) is 0 Å². The topological polar surface area (TPSA) is 62.7 Å². The van der Waals surface area contributed by atoms with Crippen LogP contribution < -0.4 is 4.90 Å². The van der Waals surface area contributed by atoms with Crippen molar-refractivity contribution in [1.29, 1.82) is 0 Å². The number of hydrogen-bond donors (Lipinski definition) is 0. The van der Waals surface area contributed by atoms with Crippen molar-refractivity contribution < 1.29 is 14.3 Å². The average molecular weight is 346 g/mol. The standard InChI is InChI=1S/C14H20ClN3O3S/c1-9-7-17(13(20)21-14(2,3)4)5-6-18(9)12-16-11(15)10(8-19)22-12/h8-9H,5-7H2,1-4H3/t9-/m1/s1. The molecule has 0 aliphatic carbocycles. The number of piperazine rings is 1.